The molecule has 0 unspecified atom stereocenters. The van der Waals surface area contributed by atoms with E-state index in [-0.39, 0.29) is 11.5 Å². The summed E-state index contributed by atoms with van der Waals surface area (Å²) in [5, 5.41) is 10.4. The third kappa shape index (κ3) is 1.85. The smallest absolute Gasteiger partial charge is 0.157 e. The Labute approximate surface area is 98.6 Å². The summed E-state index contributed by atoms with van der Waals surface area (Å²) >= 11 is 1.51. The van der Waals surface area contributed by atoms with E-state index in [0.29, 0.717) is 11.3 Å². The van der Waals surface area contributed by atoms with Crippen LogP contribution in [0, 0.1) is 0 Å². The molecule has 0 radical (unpaired) electrons. The highest BCUT2D eigenvalue weighted by Gasteiger charge is 2.35. The van der Waals surface area contributed by atoms with E-state index in [0.717, 1.165) is 5.04 Å². The van der Waals surface area contributed by atoms with Gasteiger partial charge in [-0.05, 0) is 26.0 Å². The van der Waals surface area contributed by atoms with Crippen molar-refractivity contribution in [2.24, 2.45) is 4.99 Å². The molecule has 1 aliphatic rings. The van der Waals surface area contributed by atoms with Crippen LogP contribution in [0.15, 0.2) is 29.3 Å². The largest absolute Gasteiger partial charge is 0.507 e. The Balaban J connectivity index is 2.39. The molecule has 0 saturated heterocycles. The number of hydrogen-bond acceptors (Lipinski definition) is 4. The highest BCUT2D eigenvalue weighted by atomic mass is 32.2. The molecule has 0 spiro atoms. The van der Waals surface area contributed by atoms with Crippen LogP contribution in [0.5, 0.6) is 5.75 Å². The fourth-order valence-electron chi connectivity index (χ4n) is 1.47. The van der Waals surface area contributed by atoms with Gasteiger partial charge < -0.3 is 5.11 Å². The number of phenols is 1. The fraction of sp³-hybridized carbons (Fsp3) is 0.333. The van der Waals surface area contributed by atoms with Crippen molar-refractivity contribution in [3.05, 3.63) is 29.8 Å². The molecule has 1 atom stereocenters. The third-order valence-corrected chi connectivity index (χ3v) is 4.02. The maximum absolute atomic E-state index is 11.4. The zero-order valence-electron chi connectivity index (χ0n) is 9.23. The number of hydrogen-bond donors (Lipinski definition) is 1. The van der Waals surface area contributed by atoms with E-state index in [4.69, 9.17) is 0 Å². The molecule has 2 rings (SSSR count). The van der Waals surface area contributed by atoms with E-state index in [1.165, 1.54) is 11.8 Å². The monoisotopic (exact) mass is 235 g/mol. The van der Waals surface area contributed by atoms with Gasteiger partial charge in [0.1, 0.15) is 16.3 Å². The van der Waals surface area contributed by atoms with Crippen LogP contribution in [0.25, 0.3) is 0 Å². The van der Waals surface area contributed by atoms with Gasteiger partial charge in [0.25, 0.3) is 0 Å². The summed E-state index contributed by atoms with van der Waals surface area (Å²) in [7, 11) is 0. The molecular weight excluding hydrogens is 222 g/mol. The van der Waals surface area contributed by atoms with Gasteiger partial charge in [0.15, 0.2) is 5.78 Å². The molecule has 0 aromatic heterocycles. The minimum Gasteiger partial charge on any atom is -0.507 e. The summed E-state index contributed by atoms with van der Waals surface area (Å²) in [6.07, 6.45) is 0. The number of para-hydroxylation sites is 1. The summed E-state index contributed by atoms with van der Waals surface area (Å²) < 4.78 is 0. The molecule has 1 heterocycles. The van der Waals surface area contributed by atoms with Crippen LogP contribution in [-0.2, 0) is 4.79 Å². The Morgan fingerprint density at radius 2 is 2.19 bits per heavy atom. The number of rotatable bonds is 2. The van der Waals surface area contributed by atoms with Crippen molar-refractivity contribution in [2.75, 3.05) is 5.75 Å². The number of aromatic hydroxyl groups is 1. The first-order chi connectivity index (χ1) is 7.53. The second-order valence-electron chi connectivity index (χ2n) is 4.05. The molecule has 1 aromatic carbocycles. The van der Waals surface area contributed by atoms with Gasteiger partial charge in [-0.25, -0.2) is 0 Å². The van der Waals surface area contributed by atoms with Gasteiger partial charge in [-0.15, -0.1) is 11.8 Å². The van der Waals surface area contributed by atoms with Crippen LogP contribution in [0.3, 0.4) is 0 Å². The van der Waals surface area contributed by atoms with E-state index >= 15 is 0 Å². The normalized spacial score (nSPS) is 24.2. The molecule has 0 amide bonds. The van der Waals surface area contributed by atoms with E-state index in [2.05, 4.69) is 4.99 Å². The molecule has 1 aromatic rings. The number of carbonyl (C=O) groups is 1. The van der Waals surface area contributed by atoms with Gasteiger partial charge >= 0.3 is 0 Å². The lowest BCUT2D eigenvalue weighted by Gasteiger charge is -2.14. The fourth-order valence-corrected chi connectivity index (χ4v) is 2.75. The zero-order chi connectivity index (χ0) is 11.8. The van der Waals surface area contributed by atoms with Crippen LogP contribution in [0.4, 0.5) is 0 Å². The van der Waals surface area contributed by atoms with Crippen molar-refractivity contribution < 1.29 is 9.90 Å². The van der Waals surface area contributed by atoms with Crippen LogP contribution in [0.1, 0.15) is 19.4 Å². The molecule has 84 valence electrons. The summed E-state index contributed by atoms with van der Waals surface area (Å²) in [6, 6.07) is 7.06. The Hall–Kier alpha value is -1.29. The molecular formula is C12H13NO2S. The molecule has 3 nitrogen and oxygen atoms in total. The first-order valence-corrected chi connectivity index (χ1v) is 6.03. The van der Waals surface area contributed by atoms with Crippen molar-refractivity contribution in [1.82, 2.24) is 0 Å². The number of Topliss-reactive ketones (excluding diaryl/α,β-unsaturated/α-hetero) is 1. The number of aliphatic imine (C=N–C) groups is 1. The van der Waals surface area contributed by atoms with Crippen LogP contribution < -0.4 is 0 Å². The minimum atomic E-state index is -0.637. The molecule has 0 bridgehead atoms. The van der Waals surface area contributed by atoms with Gasteiger partial charge in [-0.1, -0.05) is 12.1 Å². The quantitative estimate of drug-likeness (QED) is 0.855. The number of thioether (sulfide) groups is 1. The Bertz CT molecular complexity index is 470. The Morgan fingerprint density at radius 1 is 1.50 bits per heavy atom. The SMILES string of the molecule is CC(=O)[C@@]1(C)CSC(c2ccccc2O)=N1. The van der Waals surface area contributed by atoms with Crippen molar-refractivity contribution in [1.29, 1.82) is 0 Å². The van der Waals surface area contributed by atoms with Crippen LogP contribution in [-0.4, -0.2) is 27.2 Å². The lowest BCUT2D eigenvalue weighted by Crippen LogP contribution is -2.31. The average molecular weight is 235 g/mol. The number of nitrogens with zero attached hydrogens (tertiary/aromatic N) is 1. The van der Waals surface area contributed by atoms with Crippen LogP contribution >= 0.6 is 11.8 Å². The molecule has 1 aliphatic heterocycles. The highest BCUT2D eigenvalue weighted by molar-refractivity contribution is 8.14. The van der Waals surface area contributed by atoms with Gasteiger partial charge in [-0.3, -0.25) is 9.79 Å². The van der Waals surface area contributed by atoms with Gasteiger partial charge in [0.2, 0.25) is 0 Å². The van der Waals surface area contributed by atoms with Crippen molar-refractivity contribution in [3.8, 4) is 5.75 Å². The van der Waals surface area contributed by atoms with E-state index in [1.54, 1.807) is 19.1 Å². The predicted octanol–water partition coefficient (Wildman–Crippen LogP) is 2.23. The summed E-state index contributed by atoms with van der Waals surface area (Å²) in [5.74, 6) is 0.915. The summed E-state index contributed by atoms with van der Waals surface area (Å²) in [5.41, 5.74) is 0.0694. The molecule has 4 heteroatoms. The molecule has 0 aliphatic carbocycles. The van der Waals surface area contributed by atoms with E-state index in [9.17, 15) is 9.90 Å². The molecule has 16 heavy (non-hydrogen) atoms. The number of ketones is 1. The van der Waals surface area contributed by atoms with E-state index in [1.807, 2.05) is 19.1 Å². The summed E-state index contributed by atoms with van der Waals surface area (Å²) in [4.78, 5) is 15.9. The predicted molar refractivity (Wildman–Crippen MR) is 66.2 cm³/mol. The Kier molecular flexibility index (Phi) is 2.76. The Morgan fingerprint density at radius 3 is 2.75 bits per heavy atom. The maximum Gasteiger partial charge on any atom is 0.157 e. The second kappa shape index (κ2) is 3.94. The average Bonchev–Trinajstić information content (AvgIpc) is 2.63. The molecule has 1 N–H and O–H groups in total. The number of phenolic OH excluding ortho intramolecular Hbond substituents is 1. The van der Waals surface area contributed by atoms with Crippen molar-refractivity contribution in [3.63, 3.8) is 0 Å². The van der Waals surface area contributed by atoms with Gasteiger partial charge in [0.05, 0.1) is 0 Å². The van der Waals surface area contributed by atoms with Gasteiger partial charge in [0, 0.05) is 11.3 Å². The highest BCUT2D eigenvalue weighted by Crippen LogP contribution is 2.34. The van der Waals surface area contributed by atoms with Crippen LogP contribution in [0.2, 0.25) is 0 Å². The maximum atomic E-state index is 11.4. The topological polar surface area (TPSA) is 49.7 Å². The van der Waals surface area contributed by atoms with Crippen molar-refractivity contribution in [2.45, 2.75) is 19.4 Å². The van der Waals surface area contributed by atoms with E-state index < -0.39 is 5.54 Å². The lowest BCUT2D eigenvalue weighted by molar-refractivity contribution is -0.120. The third-order valence-electron chi connectivity index (χ3n) is 2.73. The number of benzene rings is 1. The minimum absolute atomic E-state index is 0.0606. The number of carbonyl (C=O) groups excluding carboxylic acids is 1. The first-order valence-electron chi connectivity index (χ1n) is 5.05. The zero-order valence-corrected chi connectivity index (χ0v) is 10.0. The standard InChI is InChI=1S/C12H13NO2S/c1-8(14)12(2)7-16-11(13-12)9-5-3-4-6-10(9)15/h3-6,15H,7H2,1-2H3/t12-/m1/s1. The second-order valence-corrected chi connectivity index (χ2v) is 5.02. The summed E-state index contributed by atoms with van der Waals surface area (Å²) in [6.45, 7) is 3.38. The first kappa shape index (κ1) is 11.2. The van der Waals surface area contributed by atoms with Gasteiger partial charge in [-0.2, -0.15) is 0 Å². The molecule has 0 fully saturated rings. The molecule has 0 saturated carbocycles. The lowest BCUT2D eigenvalue weighted by atomic mass is 10.0. The van der Waals surface area contributed by atoms with Crippen molar-refractivity contribution >= 4 is 22.6 Å².